The zero-order valence-electron chi connectivity index (χ0n) is 8.00. The topological polar surface area (TPSA) is 53.9 Å². The molecule has 5 heteroatoms. The van der Waals surface area contributed by atoms with Crippen molar-refractivity contribution in [2.45, 2.75) is 19.6 Å². The molecule has 1 aromatic heterocycles. The highest BCUT2D eigenvalue weighted by Gasteiger charge is 2.06. The molecular weight excluding hydrogens is 180 g/mol. The molecule has 0 radical (unpaired) electrons. The highest BCUT2D eigenvalue weighted by atomic mass is 28.3. The van der Waals surface area contributed by atoms with Crippen molar-refractivity contribution in [2.75, 3.05) is 0 Å². The van der Waals surface area contributed by atoms with Crippen molar-refractivity contribution >= 4 is 20.2 Å². The quantitative estimate of drug-likeness (QED) is 0.415. The Morgan fingerprint density at radius 2 is 2.31 bits per heavy atom. The monoisotopic (exact) mass is 192 g/mol. The Morgan fingerprint density at radius 3 is 2.85 bits per heavy atom. The first-order valence-electron chi connectivity index (χ1n) is 3.98. The second kappa shape index (κ2) is 4.01. The number of rotatable bonds is 1. The fourth-order valence-corrected chi connectivity index (χ4v) is 1.10. The first-order chi connectivity index (χ1) is 6.08. The molecular formula is C8H12N4Si. The third-order valence-electron chi connectivity index (χ3n) is 1.10. The van der Waals surface area contributed by atoms with Crippen LogP contribution in [0.25, 0.3) is 0 Å². The van der Waals surface area contributed by atoms with Gasteiger partial charge in [0.15, 0.2) is 0 Å². The molecule has 0 aliphatic carbocycles. The Hall–Kier alpha value is -1.41. The third-order valence-corrected chi connectivity index (χ3v) is 2.00. The summed E-state index contributed by atoms with van der Waals surface area (Å²) < 4.78 is 0. The highest BCUT2D eigenvalue weighted by molar-refractivity contribution is 6.84. The van der Waals surface area contributed by atoms with Crippen LogP contribution in [0.2, 0.25) is 19.6 Å². The van der Waals surface area contributed by atoms with Gasteiger partial charge in [0.05, 0.1) is 6.21 Å². The molecule has 0 amide bonds. The molecule has 0 atom stereocenters. The largest absolute Gasteiger partial charge is 0.245 e. The van der Waals surface area contributed by atoms with E-state index in [1.54, 1.807) is 6.21 Å². The van der Waals surface area contributed by atoms with Crippen LogP contribution in [-0.4, -0.2) is 29.5 Å². The molecule has 0 saturated carbocycles. The van der Waals surface area contributed by atoms with Crippen LogP contribution in [0.3, 0.4) is 0 Å². The van der Waals surface area contributed by atoms with Crippen molar-refractivity contribution in [2.24, 2.45) is 4.99 Å². The van der Waals surface area contributed by atoms with Crippen LogP contribution in [0.15, 0.2) is 11.3 Å². The van der Waals surface area contributed by atoms with Gasteiger partial charge in [0.25, 0.3) is 0 Å². The summed E-state index contributed by atoms with van der Waals surface area (Å²) >= 11 is 0. The fraction of sp³-hybridized carbons (Fsp3) is 0.375. The molecule has 68 valence electrons. The van der Waals surface area contributed by atoms with Crippen molar-refractivity contribution < 1.29 is 0 Å². The molecule has 0 saturated heterocycles. The van der Waals surface area contributed by atoms with Crippen molar-refractivity contribution in [1.82, 2.24) is 15.2 Å². The Balaban J connectivity index is 2.55. The second-order valence-corrected chi connectivity index (χ2v) is 8.34. The van der Waals surface area contributed by atoms with Crippen molar-refractivity contribution in [3.8, 4) is 11.5 Å². The zero-order chi connectivity index (χ0) is 9.73. The van der Waals surface area contributed by atoms with E-state index >= 15 is 0 Å². The Kier molecular flexibility index (Phi) is 2.98. The molecule has 0 spiro atoms. The van der Waals surface area contributed by atoms with Crippen LogP contribution in [0, 0.1) is 11.5 Å². The van der Waals surface area contributed by atoms with E-state index in [1.807, 2.05) is 0 Å². The molecule has 0 aliphatic rings. The molecule has 0 fully saturated rings. The highest BCUT2D eigenvalue weighted by Crippen LogP contribution is 1.97. The minimum atomic E-state index is -1.28. The predicted molar refractivity (Wildman–Crippen MR) is 55.7 cm³/mol. The van der Waals surface area contributed by atoms with Crippen LogP contribution in [0.5, 0.6) is 0 Å². The third kappa shape index (κ3) is 4.23. The minimum absolute atomic E-state index is 0.491. The van der Waals surface area contributed by atoms with Crippen LogP contribution >= 0.6 is 0 Å². The first kappa shape index (κ1) is 9.67. The zero-order valence-corrected chi connectivity index (χ0v) is 9.00. The predicted octanol–water partition coefficient (Wildman–Crippen LogP) is 1.39. The van der Waals surface area contributed by atoms with E-state index < -0.39 is 8.07 Å². The maximum Gasteiger partial charge on any atom is 0.245 e. The lowest BCUT2D eigenvalue weighted by molar-refractivity contribution is 1.08. The molecule has 1 rings (SSSR count). The van der Waals surface area contributed by atoms with Gasteiger partial charge in [0, 0.05) is 0 Å². The average Bonchev–Trinajstić information content (AvgIpc) is 2.48. The van der Waals surface area contributed by atoms with E-state index in [1.165, 1.54) is 6.33 Å². The van der Waals surface area contributed by atoms with Gasteiger partial charge in [0.2, 0.25) is 5.95 Å². The number of hydrogen-bond donors (Lipinski definition) is 1. The lowest BCUT2D eigenvalue weighted by atomic mass is 10.7. The van der Waals surface area contributed by atoms with Crippen molar-refractivity contribution in [3.05, 3.63) is 6.33 Å². The van der Waals surface area contributed by atoms with Gasteiger partial charge in [0.1, 0.15) is 14.4 Å². The fourth-order valence-electron chi connectivity index (χ4n) is 0.603. The molecule has 1 heterocycles. The van der Waals surface area contributed by atoms with Crippen molar-refractivity contribution in [1.29, 1.82) is 0 Å². The maximum absolute atomic E-state index is 3.96. The van der Waals surface area contributed by atoms with Gasteiger partial charge < -0.3 is 0 Å². The maximum atomic E-state index is 3.96. The normalized spacial score (nSPS) is 11.3. The van der Waals surface area contributed by atoms with E-state index in [0.717, 1.165) is 0 Å². The smallest absolute Gasteiger partial charge is 0.244 e. The van der Waals surface area contributed by atoms with E-state index in [9.17, 15) is 0 Å². The van der Waals surface area contributed by atoms with Gasteiger partial charge in [-0.15, -0.1) is 5.54 Å². The summed E-state index contributed by atoms with van der Waals surface area (Å²) in [6, 6.07) is 0. The van der Waals surface area contributed by atoms with Crippen LogP contribution < -0.4 is 0 Å². The molecule has 0 unspecified atom stereocenters. The number of nitrogens with one attached hydrogen (secondary N) is 1. The number of nitrogens with zero attached hydrogens (tertiary/aromatic N) is 3. The summed E-state index contributed by atoms with van der Waals surface area (Å²) in [6.07, 6.45) is 2.97. The second-order valence-electron chi connectivity index (χ2n) is 3.59. The SMILES string of the molecule is C[Si](C)(C)C#CC=Nc1ncn[nH]1. The number of H-pyrrole nitrogens is 1. The van der Waals surface area contributed by atoms with Gasteiger partial charge in [-0.3, -0.25) is 0 Å². The Morgan fingerprint density at radius 1 is 1.54 bits per heavy atom. The van der Waals surface area contributed by atoms with Crippen LogP contribution in [0.1, 0.15) is 0 Å². The Labute approximate surface area is 78.5 Å². The van der Waals surface area contributed by atoms with Crippen molar-refractivity contribution in [3.63, 3.8) is 0 Å². The molecule has 0 aromatic carbocycles. The standard InChI is InChI=1S/C8H12N4Si/c1-13(2,3)6-4-5-9-8-10-7-11-12-8/h5,7H,1-3H3,(H,10,11,12). The number of aliphatic imine (C=N–C) groups is 1. The molecule has 1 N–H and O–H groups in total. The summed E-state index contributed by atoms with van der Waals surface area (Å²) in [6.45, 7) is 6.55. The Bertz CT molecular complexity index is 336. The number of aromatic amines is 1. The van der Waals surface area contributed by atoms with E-state index in [0.29, 0.717) is 5.95 Å². The van der Waals surface area contributed by atoms with Gasteiger partial charge in [-0.05, 0) is 0 Å². The van der Waals surface area contributed by atoms with Gasteiger partial charge in [-0.2, -0.15) is 10.1 Å². The number of hydrogen-bond acceptors (Lipinski definition) is 3. The van der Waals surface area contributed by atoms with E-state index in [4.69, 9.17) is 0 Å². The van der Waals surface area contributed by atoms with Gasteiger partial charge >= 0.3 is 0 Å². The van der Waals surface area contributed by atoms with Crippen LogP contribution in [0.4, 0.5) is 5.95 Å². The van der Waals surface area contributed by atoms with E-state index in [2.05, 4.69) is 51.3 Å². The molecule has 1 aromatic rings. The van der Waals surface area contributed by atoms with Crippen LogP contribution in [-0.2, 0) is 0 Å². The molecule has 0 bridgehead atoms. The summed E-state index contributed by atoms with van der Waals surface area (Å²) in [5, 5.41) is 6.28. The molecule has 0 aliphatic heterocycles. The number of aromatic nitrogens is 3. The van der Waals surface area contributed by atoms with Gasteiger partial charge in [-0.25, -0.2) is 10.1 Å². The lowest BCUT2D eigenvalue weighted by Gasteiger charge is -2.01. The minimum Gasteiger partial charge on any atom is -0.244 e. The first-order valence-corrected chi connectivity index (χ1v) is 7.48. The average molecular weight is 192 g/mol. The summed E-state index contributed by atoms with van der Waals surface area (Å²) in [5.41, 5.74) is 3.16. The summed E-state index contributed by atoms with van der Waals surface area (Å²) in [7, 11) is -1.28. The summed E-state index contributed by atoms with van der Waals surface area (Å²) in [5.74, 6) is 3.39. The molecule has 4 nitrogen and oxygen atoms in total. The summed E-state index contributed by atoms with van der Waals surface area (Å²) in [4.78, 5) is 7.79. The van der Waals surface area contributed by atoms with Gasteiger partial charge in [-0.1, -0.05) is 25.6 Å². The van der Waals surface area contributed by atoms with E-state index in [-0.39, 0.29) is 0 Å². The molecule has 13 heavy (non-hydrogen) atoms. The lowest BCUT2D eigenvalue weighted by Crippen LogP contribution is -2.16.